The summed E-state index contributed by atoms with van der Waals surface area (Å²) in [6, 6.07) is 10.6. The molecule has 3 rings (SSSR count). The topological polar surface area (TPSA) is 202 Å². The fourth-order valence-electron chi connectivity index (χ4n) is 2.93. The van der Waals surface area contributed by atoms with Crippen LogP contribution in [0.15, 0.2) is 74.6 Å². The summed E-state index contributed by atoms with van der Waals surface area (Å²) in [6.45, 7) is 1.76. The molecule has 182 valence electrons. The predicted octanol–water partition coefficient (Wildman–Crippen LogP) is -1.99. The number of nitro benzene ring substituents is 1. The van der Waals surface area contributed by atoms with Crippen LogP contribution in [0, 0.1) is 17.0 Å². The second kappa shape index (κ2) is 13.2. The number of phenolic OH excluding ortho intramolecular Hbond substituents is 1. The largest absolute Gasteiger partial charge is 1.00 e. The van der Waals surface area contributed by atoms with Crippen molar-refractivity contribution < 1.29 is 95.1 Å². The van der Waals surface area contributed by atoms with Gasteiger partial charge in [0.1, 0.15) is 31.7 Å². The maximum atomic E-state index is 11.8. The summed E-state index contributed by atoms with van der Waals surface area (Å²) in [4.78, 5) is 8.41. The number of aryl methyl sites for hydroxylation is 1. The minimum Gasteiger partial charge on any atom is -0.744 e. The number of nitrogens with zero attached hydrogens (tertiary/aromatic N) is 3. The van der Waals surface area contributed by atoms with Gasteiger partial charge in [-0.05, 0) is 53.9 Å². The van der Waals surface area contributed by atoms with Crippen LogP contribution < -0.4 is 59.1 Å². The summed E-state index contributed by atoms with van der Waals surface area (Å²) in [6.07, 6.45) is 2.10. The Morgan fingerprint density at radius 2 is 1.35 bits per heavy atom. The fourth-order valence-corrected chi connectivity index (χ4v) is 4.31. The van der Waals surface area contributed by atoms with Gasteiger partial charge in [-0.3, -0.25) is 10.1 Å². The van der Waals surface area contributed by atoms with Crippen molar-refractivity contribution in [3.8, 4) is 5.75 Å². The molecule has 0 aliphatic carbocycles. The molecule has 0 atom stereocenters. The van der Waals surface area contributed by atoms with Crippen LogP contribution in [0.25, 0.3) is 12.2 Å². The van der Waals surface area contributed by atoms with E-state index in [9.17, 15) is 41.2 Å². The molecule has 0 radical (unpaired) electrons. The van der Waals surface area contributed by atoms with Crippen LogP contribution >= 0.6 is 0 Å². The zero-order valence-electron chi connectivity index (χ0n) is 19.7. The third kappa shape index (κ3) is 8.78. The molecule has 0 amide bonds. The molecule has 1 N–H and O–H groups in total. The Morgan fingerprint density at radius 3 is 1.89 bits per heavy atom. The number of non-ortho nitro benzene ring substituents is 1. The second-order valence-corrected chi connectivity index (χ2v) is 9.83. The second-order valence-electron chi connectivity index (χ2n) is 7.14. The summed E-state index contributed by atoms with van der Waals surface area (Å²) in [7, 11) is -10.1. The normalized spacial score (nSPS) is 11.8. The SMILES string of the molecule is Cc1ccc(O)c(N=Nc2ccc(/C=C/c3ccc([N+](=O)[O-])cc3S(=O)(=O)[O-])c(S(=O)(=O)[O-])c2)c1.[Na+].[Na+]. The van der Waals surface area contributed by atoms with E-state index in [4.69, 9.17) is 0 Å². The molecule has 12 nitrogen and oxygen atoms in total. The molecule has 0 fully saturated rings. The number of phenols is 1. The van der Waals surface area contributed by atoms with Gasteiger partial charge in [-0.15, -0.1) is 5.11 Å². The molecule has 0 unspecified atom stereocenters. The Morgan fingerprint density at radius 1 is 0.811 bits per heavy atom. The van der Waals surface area contributed by atoms with Crippen LogP contribution in [0.2, 0.25) is 0 Å². The van der Waals surface area contributed by atoms with E-state index in [-0.39, 0.29) is 87.4 Å². The van der Waals surface area contributed by atoms with E-state index in [0.29, 0.717) is 6.07 Å². The number of azo groups is 1. The number of hydrogen-bond acceptors (Lipinski definition) is 11. The van der Waals surface area contributed by atoms with Crippen molar-refractivity contribution in [2.24, 2.45) is 10.2 Å². The van der Waals surface area contributed by atoms with Crippen LogP contribution in [0.5, 0.6) is 5.75 Å². The average molecular weight is 563 g/mol. The van der Waals surface area contributed by atoms with Gasteiger partial charge in [-0.25, -0.2) is 16.8 Å². The van der Waals surface area contributed by atoms with Gasteiger partial charge < -0.3 is 14.2 Å². The number of rotatable bonds is 7. The monoisotopic (exact) mass is 563 g/mol. The zero-order valence-corrected chi connectivity index (χ0v) is 25.4. The summed E-state index contributed by atoms with van der Waals surface area (Å²) >= 11 is 0. The minimum absolute atomic E-state index is 0. The number of benzene rings is 3. The van der Waals surface area contributed by atoms with Gasteiger partial charge in [-0.1, -0.05) is 24.3 Å². The van der Waals surface area contributed by atoms with Crippen molar-refractivity contribution in [3.63, 3.8) is 0 Å². The summed E-state index contributed by atoms with van der Waals surface area (Å²) in [5.74, 6) is -0.164. The third-order valence-electron chi connectivity index (χ3n) is 4.59. The summed E-state index contributed by atoms with van der Waals surface area (Å²) in [5.41, 5.74) is -0.177. The van der Waals surface area contributed by atoms with Gasteiger partial charge in [0.05, 0.1) is 20.4 Å². The molecule has 0 saturated carbocycles. The average Bonchev–Trinajstić information content (AvgIpc) is 2.77. The Kier molecular flexibility index (Phi) is 11.8. The molecule has 0 spiro atoms. The van der Waals surface area contributed by atoms with Gasteiger partial charge in [0, 0.05) is 12.1 Å². The molecule has 3 aromatic carbocycles. The first-order valence-corrected chi connectivity index (χ1v) is 12.3. The first-order chi connectivity index (χ1) is 16.3. The Bertz CT molecular complexity index is 1610. The van der Waals surface area contributed by atoms with Gasteiger partial charge in [0.15, 0.2) is 0 Å². The van der Waals surface area contributed by atoms with Gasteiger partial charge in [-0.2, -0.15) is 5.11 Å². The van der Waals surface area contributed by atoms with Crippen LogP contribution in [-0.4, -0.2) is 36.0 Å². The van der Waals surface area contributed by atoms with Crippen molar-refractivity contribution in [2.45, 2.75) is 16.7 Å². The quantitative estimate of drug-likeness (QED) is 0.0843. The number of nitro groups is 1. The van der Waals surface area contributed by atoms with E-state index in [2.05, 4.69) is 10.2 Å². The molecular formula is C21H15N3Na2O9S2. The van der Waals surface area contributed by atoms with Crippen molar-refractivity contribution >= 4 is 49.5 Å². The third-order valence-corrected chi connectivity index (χ3v) is 6.37. The van der Waals surface area contributed by atoms with Gasteiger partial charge >= 0.3 is 59.1 Å². The molecule has 0 aliphatic rings. The van der Waals surface area contributed by atoms with Crippen molar-refractivity contribution in [1.29, 1.82) is 0 Å². The van der Waals surface area contributed by atoms with Crippen LogP contribution in [0.1, 0.15) is 16.7 Å². The van der Waals surface area contributed by atoms with Gasteiger partial charge in [0.2, 0.25) is 0 Å². The Labute approximate surface area is 256 Å². The van der Waals surface area contributed by atoms with Crippen molar-refractivity contribution in [2.75, 3.05) is 0 Å². The van der Waals surface area contributed by atoms with Crippen LogP contribution in [-0.2, 0) is 20.2 Å². The standard InChI is InChI=1S/C21H17N3O9S2.2Na/c1-13-2-9-19(25)18(10-13)23-22-16-7-5-14(20(11-16)34(28,29)30)3-4-15-6-8-17(24(26)27)12-21(15)35(31,32)33;;/h2-12,25H,1H3,(H,28,29,30)(H,31,32,33);;/q;2*+1/p-2/b4-3+,23-22?;;. The minimum atomic E-state index is -5.11. The maximum Gasteiger partial charge on any atom is 1.00 e. The van der Waals surface area contributed by atoms with Crippen LogP contribution in [0.3, 0.4) is 0 Å². The van der Waals surface area contributed by atoms with Gasteiger partial charge in [0.25, 0.3) is 5.69 Å². The fraction of sp³-hybridized carbons (Fsp3) is 0.0476. The molecule has 16 heteroatoms. The summed E-state index contributed by atoms with van der Waals surface area (Å²) in [5, 5.41) is 28.4. The first-order valence-electron chi connectivity index (χ1n) is 9.49. The molecule has 0 heterocycles. The van der Waals surface area contributed by atoms with E-state index in [1.165, 1.54) is 24.3 Å². The molecule has 0 aliphatic heterocycles. The molecule has 0 bridgehead atoms. The molecule has 0 aromatic heterocycles. The zero-order chi connectivity index (χ0) is 26.0. The maximum absolute atomic E-state index is 11.8. The predicted molar refractivity (Wildman–Crippen MR) is 121 cm³/mol. The van der Waals surface area contributed by atoms with Crippen LogP contribution in [0.4, 0.5) is 17.1 Å². The molecule has 3 aromatic rings. The van der Waals surface area contributed by atoms with Crippen molar-refractivity contribution in [3.05, 3.63) is 81.4 Å². The Balaban J connectivity index is 0.00000342. The van der Waals surface area contributed by atoms with E-state index in [1.54, 1.807) is 13.0 Å². The number of aromatic hydroxyl groups is 1. The van der Waals surface area contributed by atoms with E-state index < -0.39 is 40.6 Å². The molecular weight excluding hydrogens is 548 g/mol. The molecule has 0 saturated heterocycles. The summed E-state index contributed by atoms with van der Waals surface area (Å²) < 4.78 is 70.1. The van der Waals surface area contributed by atoms with E-state index in [0.717, 1.165) is 35.9 Å². The first kappa shape index (κ1) is 33.0. The van der Waals surface area contributed by atoms with E-state index >= 15 is 0 Å². The van der Waals surface area contributed by atoms with E-state index in [1.807, 2.05) is 0 Å². The van der Waals surface area contributed by atoms with Crippen molar-refractivity contribution in [1.82, 2.24) is 0 Å². The molecule has 37 heavy (non-hydrogen) atoms. The number of hydrogen-bond donors (Lipinski definition) is 1. The Hall–Kier alpha value is -1.98. The smallest absolute Gasteiger partial charge is 0.744 e.